The molecule has 0 aliphatic rings. The van der Waals surface area contributed by atoms with E-state index in [-0.39, 0.29) is 26.1 Å². The molecule has 0 radical (unpaired) electrons. The second kappa shape index (κ2) is 46.0. The number of ether oxygens (including phenoxy) is 2. The predicted octanol–water partition coefficient (Wildman–Crippen LogP) is 14.8. The normalized spacial score (nSPS) is 14.7. The van der Waals surface area contributed by atoms with Gasteiger partial charge in [0.2, 0.25) is 0 Å². The van der Waals surface area contributed by atoms with Gasteiger partial charge >= 0.3 is 19.8 Å². The van der Waals surface area contributed by atoms with Crippen molar-refractivity contribution in [3.63, 3.8) is 0 Å². The van der Waals surface area contributed by atoms with E-state index in [9.17, 15) is 19.0 Å². The number of carbonyl (C=O) groups is 2. The number of rotatable bonds is 42. The zero-order chi connectivity index (χ0) is 48.5. The van der Waals surface area contributed by atoms with Crippen molar-refractivity contribution in [2.45, 2.75) is 148 Å². The topological polar surface area (TPSA) is 108 Å². The van der Waals surface area contributed by atoms with Gasteiger partial charge in [0, 0.05) is 12.8 Å². The molecule has 2 atom stereocenters. The molecular weight excluding hydrogens is 846 g/mol. The minimum Gasteiger partial charge on any atom is -0.462 e. The van der Waals surface area contributed by atoms with E-state index in [4.69, 9.17) is 18.5 Å². The maximum atomic E-state index is 12.7. The Labute approximate surface area is 402 Å². The van der Waals surface area contributed by atoms with Crippen molar-refractivity contribution < 1.29 is 42.1 Å². The number of hydrogen-bond acceptors (Lipinski definition) is 7. The number of hydrogen-bond donors (Lipinski definition) is 1. The Balaban J connectivity index is 4.48. The van der Waals surface area contributed by atoms with Crippen molar-refractivity contribution in [1.82, 2.24) is 0 Å². The van der Waals surface area contributed by atoms with E-state index in [1.54, 1.807) is 0 Å². The van der Waals surface area contributed by atoms with E-state index in [1.165, 1.54) is 0 Å². The second-order valence-electron chi connectivity index (χ2n) is 16.7. The summed E-state index contributed by atoms with van der Waals surface area (Å²) < 4.78 is 34.3. The summed E-state index contributed by atoms with van der Waals surface area (Å²) in [5.74, 6) is -0.923. The van der Waals surface area contributed by atoms with E-state index in [2.05, 4.69) is 154 Å². The standard InChI is InChI=1S/C56H88NO8P/c1-6-8-10-12-14-16-18-20-22-24-25-26-27-28-29-30-31-33-35-37-39-41-43-45-47-49-56(59)65-54(53-64-66(60,61)63-51-50-57(3,4)5)52-62-55(58)48-46-44-42-40-38-36-34-32-23-21-19-17-15-13-11-9-7-2/h8-11,14-17,20-23,25-26,28-29,31,33-34,36-37,39-40,42,54H,6-7,12-13,18-19,24,27,30,32,35,38,41,43-53H2,1-5H3/p+1/b10-8-,11-9-,16-14-,17-15-,22-20-,23-21-,26-25-,29-28-,33-31-,36-34-,39-37-,42-40-. The van der Waals surface area contributed by atoms with Crippen LogP contribution >= 0.6 is 7.82 Å². The molecule has 2 unspecified atom stereocenters. The fourth-order valence-corrected chi connectivity index (χ4v) is 6.36. The van der Waals surface area contributed by atoms with Crippen molar-refractivity contribution in [2.24, 2.45) is 0 Å². The number of allylic oxidation sites excluding steroid dienone is 24. The minimum absolute atomic E-state index is 0.00625. The first-order valence-corrected chi connectivity index (χ1v) is 26.1. The Morgan fingerprint density at radius 1 is 0.470 bits per heavy atom. The number of carbonyl (C=O) groups excluding carboxylic acids is 2. The number of likely N-dealkylation sites (N-methyl/N-ethyl adjacent to an activating group) is 1. The van der Waals surface area contributed by atoms with E-state index >= 15 is 0 Å². The molecule has 0 heterocycles. The minimum atomic E-state index is -4.41. The highest BCUT2D eigenvalue weighted by Gasteiger charge is 2.27. The van der Waals surface area contributed by atoms with Crippen LogP contribution in [0.2, 0.25) is 0 Å². The number of quaternary nitrogens is 1. The Morgan fingerprint density at radius 2 is 0.833 bits per heavy atom. The van der Waals surface area contributed by atoms with E-state index in [0.717, 1.165) is 103 Å². The average molecular weight is 935 g/mol. The zero-order valence-corrected chi connectivity index (χ0v) is 42.5. The van der Waals surface area contributed by atoms with Gasteiger partial charge in [0.05, 0.1) is 27.7 Å². The third-order valence-electron chi connectivity index (χ3n) is 9.36. The molecule has 0 saturated carbocycles. The Kier molecular flexibility index (Phi) is 43.2. The van der Waals surface area contributed by atoms with Gasteiger partial charge in [-0.3, -0.25) is 18.6 Å². The maximum absolute atomic E-state index is 12.7. The molecule has 0 aliphatic carbocycles. The summed E-state index contributed by atoms with van der Waals surface area (Å²) in [5, 5.41) is 0. The van der Waals surface area contributed by atoms with Gasteiger partial charge in [-0.1, -0.05) is 166 Å². The molecule has 0 aromatic rings. The van der Waals surface area contributed by atoms with Crippen LogP contribution in [0.25, 0.3) is 0 Å². The van der Waals surface area contributed by atoms with Crippen LogP contribution in [-0.2, 0) is 32.7 Å². The molecule has 0 spiro atoms. The summed E-state index contributed by atoms with van der Waals surface area (Å²) in [6, 6.07) is 0. The summed E-state index contributed by atoms with van der Waals surface area (Å²) >= 11 is 0. The number of unbranched alkanes of at least 4 members (excludes halogenated alkanes) is 4. The third kappa shape index (κ3) is 49.3. The van der Waals surface area contributed by atoms with Crippen LogP contribution in [0.4, 0.5) is 0 Å². The Bertz CT molecular complexity index is 1620. The summed E-state index contributed by atoms with van der Waals surface area (Å²) in [6.45, 7) is 4.05. The number of nitrogens with zero attached hydrogens (tertiary/aromatic N) is 1. The lowest BCUT2D eigenvalue weighted by Crippen LogP contribution is -2.37. The quantitative estimate of drug-likeness (QED) is 0.0212. The van der Waals surface area contributed by atoms with Gasteiger partial charge < -0.3 is 18.9 Å². The van der Waals surface area contributed by atoms with Crippen molar-refractivity contribution in [2.75, 3.05) is 47.5 Å². The first-order valence-electron chi connectivity index (χ1n) is 24.6. The van der Waals surface area contributed by atoms with Crippen LogP contribution in [0, 0.1) is 0 Å². The largest absolute Gasteiger partial charge is 0.472 e. The lowest BCUT2D eigenvalue weighted by molar-refractivity contribution is -0.870. The number of phosphoric ester groups is 1. The van der Waals surface area contributed by atoms with Gasteiger partial charge in [0.25, 0.3) is 0 Å². The van der Waals surface area contributed by atoms with Crippen molar-refractivity contribution in [1.29, 1.82) is 0 Å². The third-order valence-corrected chi connectivity index (χ3v) is 10.3. The molecule has 0 saturated heterocycles. The molecule has 0 amide bonds. The van der Waals surface area contributed by atoms with Gasteiger partial charge in [0.15, 0.2) is 6.10 Å². The zero-order valence-electron chi connectivity index (χ0n) is 41.6. The molecule has 0 aromatic heterocycles. The average Bonchev–Trinajstić information content (AvgIpc) is 3.27. The summed E-state index contributed by atoms with van der Waals surface area (Å²) in [4.78, 5) is 35.5. The fourth-order valence-electron chi connectivity index (χ4n) is 5.62. The first kappa shape index (κ1) is 61.9. The summed E-state index contributed by atoms with van der Waals surface area (Å²) in [6.07, 6.45) is 67.7. The molecular formula is C56H89NO8P+. The van der Waals surface area contributed by atoms with Crippen LogP contribution in [-0.4, -0.2) is 74.9 Å². The molecule has 0 aromatic carbocycles. The van der Waals surface area contributed by atoms with Crippen molar-refractivity contribution >= 4 is 19.8 Å². The highest BCUT2D eigenvalue weighted by atomic mass is 31.2. The van der Waals surface area contributed by atoms with E-state index in [1.807, 2.05) is 27.2 Å². The van der Waals surface area contributed by atoms with Crippen LogP contribution in [0.5, 0.6) is 0 Å². The lowest BCUT2D eigenvalue weighted by atomic mass is 10.1. The van der Waals surface area contributed by atoms with Gasteiger partial charge in [-0.15, -0.1) is 0 Å². The van der Waals surface area contributed by atoms with Crippen LogP contribution in [0.15, 0.2) is 146 Å². The Morgan fingerprint density at radius 3 is 1.23 bits per heavy atom. The van der Waals surface area contributed by atoms with E-state index in [0.29, 0.717) is 23.9 Å². The molecule has 0 fully saturated rings. The van der Waals surface area contributed by atoms with Crippen molar-refractivity contribution in [3.05, 3.63) is 146 Å². The highest BCUT2D eigenvalue weighted by Crippen LogP contribution is 2.43. The molecule has 370 valence electrons. The summed E-state index contributed by atoms with van der Waals surface area (Å²) in [5.41, 5.74) is 0. The first-order chi connectivity index (χ1) is 32.0. The second-order valence-corrected chi connectivity index (χ2v) is 18.2. The molecule has 66 heavy (non-hydrogen) atoms. The monoisotopic (exact) mass is 935 g/mol. The van der Waals surface area contributed by atoms with Gasteiger partial charge in [-0.05, 0) is 109 Å². The van der Waals surface area contributed by atoms with Crippen LogP contribution in [0.3, 0.4) is 0 Å². The van der Waals surface area contributed by atoms with Gasteiger partial charge in [0.1, 0.15) is 19.8 Å². The highest BCUT2D eigenvalue weighted by molar-refractivity contribution is 7.47. The van der Waals surface area contributed by atoms with E-state index < -0.39 is 32.5 Å². The Hall–Kier alpha value is -4.11. The predicted molar refractivity (Wildman–Crippen MR) is 279 cm³/mol. The molecule has 0 aliphatic heterocycles. The number of phosphoric acid groups is 1. The molecule has 10 heteroatoms. The van der Waals surface area contributed by atoms with Crippen LogP contribution < -0.4 is 0 Å². The van der Waals surface area contributed by atoms with Crippen molar-refractivity contribution in [3.8, 4) is 0 Å². The lowest BCUT2D eigenvalue weighted by Gasteiger charge is -2.24. The smallest absolute Gasteiger partial charge is 0.462 e. The fraction of sp³-hybridized carbons (Fsp3) is 0.536. The van der Waals surface area contributed by atoms with Crippen LogP contribution in [0.1, 0.15) is 142 Å². The summed E-state index contributed by atoms with van der Waals surface area (Å²) in [7, 11) is 1.39. The molecule has 0 rings (SSSR count). The number of esters is 2. The molecule has 0 bridgehead atoms. The van der Waals surface area contributed by atoms with Gasteiger partial charge in [-0.2, -0.15) is 0 Å². The maximum Gasteiger partial charge on any atom is 0.472 e. The SMILES string of the molecule is CC/C=C\C/C=C\C/C=C\C/C=C\C/C=C\C/C=C\C/C=C\CCCCCC(=O)OC(COC(=O)CCC/C=C\C/C=C\C/C=C\C/C=C\C/C=C\CC)COP(=O)(O)OCC[N+](C)(C)C. The molecule has 1 N–H and O–H groups in total. The van der Waals surface area contributed by atoms with Gasteiger partial charge in [-0.25, -0.2) is 4.57 Å². The molecule has 9 nitrogen and oxygen atoms in total.